The van der Waals surface area contributed by atoms with Crippen LogP contribution in [0.4, 0.5) is 4.39 Å². The van der Waals surface area contributed by atoms with E-state index < -0.39 is 23.1 Å². The molecule has 3 rings (SSSR count). The van der Waals surface area contributed by atoms with Crippen LogP contribution in [0.3, 0.4) is 0 Å². The fourth-order valence-corrected chi connectivity index (χ4v) is 4.33. The summed E-state index contributed by atoms with van der Waals surface area (Å²) in [5.41, 5.74) is -0.859. The number of rotatable bonds is 4. The second-order valence-electron chi connectivity index (χ2n) is 8.39. The first-order chi connectivity index (χ1) is 14.1. The normalized spacial score (nSPS) is 19.4. The van der Waals surface area contributed by atoms with Crippen LogP contribution in [0.25, 0.3) is 11.1 Å². The van der Waals surface area contributed by atoms with Crippen LogP contribution in [0.1, 0.15) is 46.6 Å². The minimum absolute atomic E-state index is 0.0842. The van der Waals surface area contributed by atoms with Crippen molar-refractivity contribution in [3.05, 3.63) is 56.1 Å². The number of carbonyl (C=O) groups excluding carboxylic acids is 1. The highest BCUT2D eigenvalue weighted by atomic mass is 35.5. The molecule has 6 nitrogen and oxygen atoms in total. The molecular weight excluding hydrogens is 409 g/mol. The average Bonchev–Trinajstić information content (AvgIpc) is 2.66. The fourth-order valence-electron chi connectivity index (χ4n) is 4.10. The SMILES string of the molecule is CC1CCN(C(=O)Cn2cc(-c3cccc(F)c3Cl)c(=O)n(C(C)C)c2=O)[C@@H](C)C1. The van der Waals surface area contributed by atoms with Gasteiger partial charge in [0.2, 0.25) is 5.91 Å². The lowest BCUT2D eigenvalue weighted by Crippen LogP contribution is -2.48. The maximum Gasteiger partial charge on any atom is 0.331 e. The van der Waals surface area contributed by atoms with Crippen molar-refractivity contribution >= 4 is 17.5 Å². The van der Waals surface area contributed by atoms with Gasteiger partial charge in [0.25, 0.3) is 5.56 Å². The molecule has 2 aromatic rings. The van der Waals surface area contributed by atoms with Gasteiger partial charge in [-0.05, 0) is 45.6 Å². The zero-order valence-electron chi connectivity index (χ0n) is 17.7. The Kier molecular flexibility index (Phi) is 6.50. The van der Waals surface area contributed by atoms with Gasteiger partial charge in [-0.1, -0.05) is 30.7 Å². The van der Waals surface area contributed by atoms with Gasteiger partial charge < -0.3 is 4.90 Å². The second kappa shape index (κ2) is 8.76. The molecule has 0 aliphatic carbocycles. The van der Waals surface area contributed by atoms with Crippen LogP contribution < -0.4 is 11.2 Å². The molecule has 0 bridgehead atoms. The third kappa shape index (κ3) is 4.21. The van der Waals surface area contributed by atoms with Crippen molar-refractivity contribution in [3.8, 4) is 11.1 Å². The van der Waals surface area contributed by atoms with Crippen molar-refractivity contribution in [1.29, 1.82) is 0 Å². The van der Waals surface area contributed by atoms with Gasteiger partial charge in [0.1, 0.15) is 12.4 Å². The summed E-state index contributed by atoms with van der Waals surface area (Å²) >= 11 is 6.10. The predicted octanol–water partition coefficient (Wildman–Crippen LogP) is 3.70. The van der Waals surface area contributed by atoms with Gasteiger partial charge in [0.15, 0.2) is 0 Å². The van der Waals surface area contributed by atoms with Gasteiger partial charge in [0.05, 0.1) is 10.6 Å². The molecule has 2 heterocycles. The molecule has 0 radical (unpaired) electrons. The molecule has 1 aromatic heterocycles. The summed E-state index contributed by atoms with van der Waals surface area (Å²) in [4.78, 5) is 40.7. The maximum absolute atomic E-state index is 14.0. The standard InChI is InChI=1S/C22H27ClFN3O3/c1-13(2)27-21(29)17(16-6-5-7-18(24)20(16)23)11-25(22(27)30)12-19(28)26-9-8-14(3)10-15(26)4/h5-7,11,13-15H,8-10,12H2,1-4H3/t14?,15-/m0/s1. The number of benzene rings is 1. The number of likely N-dealkylation sites (tertiary alicyclic amines) is 1. The first-order valence-electron chi connectivity index (χ1n) is 10.2. The zero-order chi connectivity index (χ0) is 22.2. The number of aromatic nitrogens is 2. The van der Waals surface area contributed by atoms with Crippen molar-refractivity contribution in [3.63, 3.8) is 0 Å². The molecule has 1 saturated heterocycles. The lowest BCUT2D eigenvalue weighted by molar-refractivity contribution is -0.135. The van der Waals surface area contributed by atoms with Crippen LogP contribution in [0.2, 0.25) is 5.02 Å². The number of halogens is 2. The van der Waals surface area contributed by atoms with Crippen LogP contribution >= 0.6 is 11.6 Å². The molecule has 0 spiro atoms. The highest BCUT2D eigenvalue weighted by Gasteiger charge is 2.27. The predicted molar refractivity (Wildman–Crippen MR) is 115 cm³/mol. The smallest absolute Gasteiger partial charge is 0.331 e. The Morgan fingerprint density at radius 2 is 1.93 bits per heavy atom. The van der Waals surface area contributed by atoms with Gasteiger partial charge >= 0.3 is 5.69 Å². The molecule has 1 unspecified atom stereocenters. The zero-order valence-corrected chi connectivity index (χ0v) is 18.4. The third-order valence-electron chi connectivity index (χ3n) is 5.71. The number of hydrogen-bond acceptors (Lipinski definition) is 3. The van der Waals surface area contributed by atoms with E-state index >= 15 is 0 Å². The summed E-state index contributed by atoms with van der Waals surface area (Å²) in [6.45, 7) is 8.03. The summed E-state index contributed by atoms with van der Waals surface area (Å²) in [5.74, 6) is -0.284. The highest BCUT2D eigenvalue weighted by Crippen LogP contribution is 2.28. The van der Waals surface area contributed by atoms with E-state index in [1.54, 1.807) is 18.7 Å². The van der Waals surface area contributed by atoms with Crippen molar-refractivity contribution < 1.29 is 9.18 Å². The summed E-state index contributed by atoms with van der Waals surface area (Å²) in [7, 11) is 0. The third-order valence-corrected chi connectivity index (χ3v) is 6.09. The molecule has 1 amide bonds. The number of carbonyl (C=O) groups is 1. The minimum atomic E-state index is -0.658. The van der Waals surface area contributed by atoms with E-state index in [2.05, 4.69) is 6.92 Å². The Morgan fingerprint density at radius 3 is 2.57 bits per heavy atom. The van der Waals surface area contributed by atoms with E-state index in [0.29, 0.717) is 12.5 Å². The summed E-state index contributed by atoms with van der Waals surface area (Å²) < 4.78 is 16.3. The quantitative estimate of drug-likeness (QED) is 0.735. The van der Waals surface area contributed by atoms with E-state index in [0.717, 1.165) is 17.4 Å². The monoisotopic (exact) mass is 435 g/mol. The molecule has 0 N–H and O–H groups in total. The molecule has 1 aromatic carbocycles. The van der Waals surface area contributed by atoms with Gasteiger partial charge in [-0.25, -0.2) is 9.18 Å². The number of nitrogens with zero attached hydrogens (tertiary/aromatic N) is 3. The van der Waals surface area contributed by atoms with Crippen LogP contribution in [0.5, 0.6) is 0 Å². The van der Waals surface area contributed by atoms with Crippen LogP contribution in [0, 0.1) is 11.7 Å². The van der Waals surface area contributed by atoms with E-state index in [1.165, 1.54) is 29.0 Å². The van der Waals surface area contributed by atoms with Crippen LogP contribution in [-0.2, 0) is 11.3 Å². The van der Waals surface area contributed by atoms with E-state index in [9.17, 15) is 18.8 Å². The molecule has 1 aliphatic heterocycles. The lowest BCUT2D eigenvalue weighted by atomic mass is 9.93. The van der Waals surface area contributed by atoms with E-state index in [-0.39, 0.29) is 34.6 Å². The minimum Gasteiger partial charge on any atom is -0.338 e. The van der Waals surface area contributed by atoms with Crippen molar-refractivity contribution in [2.24, 2.45) is 5.92 Å². The van der Waals surface area contributed by atoms with Crippen molar-refractivity contribution in [2.75, 3.05) is 6.54 Å². The van der Waals surface area contributed by atoms with E-state index in [1.807, 2.05) is 6.92 Å². The molecule has 2 atom stereocenters. The molecule has 1 fully saturated rings. The second-order valence-corrected chi connectivity index (χ2v) is 8.77. The Morgan fingerprint density at radius 1 is 1.23 bits per heavy atom. The number of piperidine rings is 1. The fraction of sp³-hybridized carbons (Fsp3) is 0.500. The Bertz CT molecular complexity index is 1080. The molecule has 1 aliphatic rings. The first-order valence-corrected chi connectivity index (χ1v) is 10.6. The van der Waals surface area contributed by atoms with Crippen LogP contribution in [0.15, 0.2) is 34.0 Å². The van der Waals surface area contributed by atoms with E-state index in [4.69, 9.17) is 11.6 Å². The number of hydrogen-bond donors (Lipinski definition) is 0. The molecule has 30 heavy (non-hydrogen) atoms. The molecular formula is C22H27ClFN3O3. The lowest BCUT2D eigenvalue weighted by Gasteiger charge is -2.36. The first kappa shape index (κ1) is 22.3. The Hall–Kier alpha value is -2.41. The molecule has 8 heteroatoms. The average molecular weight is 436 g/mol. The molecule has 162 valence electrons. The maximum atomic E-state index is 14.0. The van der Waals surface area contributed by atoms with Gasteiger partial charge in [-0.2, -0.15) is 0 Å². The van der Waals surface area contributed by atoms with Gasteiger partial charge in [-0.3, -0.25) is 18.7 Å². The number of amides is 1. The Labute approximate surface area is 179 Å². The van der Waals surface area contributed by atoms with Crippen molar-refractivity contribution in [1.82, 2.24) is 14.0 Å². The van der Waals surface area contributed by atoms with Gasteiger partial charge in [0, 0.05) is 30.4 Å². The molecule has 0 saturated carbocycles. The van der Waals surface area contributed by atoms with Crippen molar-refractivity contribution in [2.45, 2.75) is 59.2 Å². The van der Waals surface area contributed by atoms with Crippen LogP contribution in [-0.4, -0.2) is 32.5 Å². The highest BCUT2D eigenvalue weighted by molar-refractivity contribution is 6.33. The topological polar surface area (TPSA) is 64.3 Å². The van der Waals surface area contributed by atoms with Gasteiger partial charge in [-0.15, -0.1) is 0 Å². The summed E-state index contributed by atoms with van der Waals surface area (Å²) in [6.07, 6.45) is 3.15. The Balaban J connectivity index is 2.08. The summed E-state index contributed by atoms with van der Waals surface area (Å²) in [6, 6.07) is 3.83. The summed E-state index contributed by atoms with van der Waals surface area (Å²) in [5, 5.41) is -0.194. The largest absolute Gasteiger partial charge is 0.338 e.